The van der Waals surface area contributed by atoms with Gasteiger partial charge in [-0.2, -0.15) is 10.4 Å². The van der Waals surface area contributed by atoms with Gasteiger partial charge in [-0.05, 0) is 61.7 Å². The van der Waals surface area contributed by atoms with Crippen molar-refractivity contribution < 1.29 is 0 Å². The van der Waals surface area contributed by atoms with E-state index < -0.39 is 0 Å². The molecule has 0 amide bonds. The van der Waals surface area contributed by atoms with E-state index in [9.17, 15) is 5.26 Å². The monoisotopic (exact) mass is 580 g/mol. The third-order valence-electron chi connectivity index (χ3n) is 8.34. The number of aromatic nitrogens is 3. The van der Waals surface area contributed by atoms with Gasteiger partial charge in [0.15, 0.2) is 11.6 Å². The maximum Gasteiger partial charge on any atom is 0.181 e. The number of rotatable bonds is 5. The molecule has 0 aliphatic carbocycles. The average Bonchev–Trinajstić information content (AvgIpc) is 3.58. The van der Waals surface area contributed by atoms with Gasteiger partial charge in [0, 0.05) is 16.7 Å². The molecular weight excluding hydrogens is 548 g/mol. The first-order valence-electron chi connectivity index (χ1n) is 15.2. The summed E-state index contributed by atoms with van der Waals surface area (Å²) in [6.07, 6.45) is 0. The zero-order chi connectivity index (χ0) is 31.0. The van der Waals surface area contributed by atoms with Crippen LogP contribution in [-0.4, -0.2) is 15.2 Å². The van der Waals surface area contributed by atoms with Crippen molar-refractivity contribution in [2.24, 2.45) is 0 Å². The van der Waals surface area contributed by atoms with Gasteiger partial charge < -0.3 is 0 Å². The van der Waals surface area contributed by atoms with E-state index in [2.05, 4.69) is 128 Å². The molecule has 0 fully saturated rings. The highest BCUT2D eigenvalue weighted by atomic mass is 15.2. The first-order chi connectivity index (χ1) is 21.9. The van der Waals surface area contributed by atoms with Crippen molar-refractivity contribution in [1.82, 2.24) is 15.2 Å². The molecule has 0 aliphatic heterocycles. The van der Waals surface area contributed by atoms with Crippen LogP contribution >= 0.6 is 0 Å². The number of fused-ring (bicyclic) bond motifs is 1. The second kappa shape index (κ2) is 11.4. The highest BCUT2D eigenvalue weighted by Crippen LogP contribution is 2.39. The first kappa shape index (κ1) is 28.0. The Hall–Kier alpha value is -5.79. The number of H-pyrrole nitrogens is 1. The van der Waals surface area contributed by atoms with E-state index in [1.807, 2.05) is 42.5 Å². The summed E-state index contributed by atoms with van der Waals surface area (Å²) < 4.78 is 0. The lowest BCUT2D eigenvalue weighted by atomic mass is 9.79. The summed E-state index contributed by atoms with van der Waals surface area (Å²) in [7, 11) is 0. The summed E-state index contributed by atoms with van der Waals surface area (Å²) in [4.78, 5) is 4.89. The van der Waals surface area contributed by atoms with E-state index in [1.165, 1.54) is 10.8 Å². The van der Waals surface area contributed by atoms with E-state index in [1.54, 1.807) is 0 Å². The fraction of sp³-hybridized carbons (Fsp3) is 0.0976. The summed E-state index contributed by atoms with van der Waals surface area (Å²) in [6.45, 7) is 6.48. The van der Waals surface area contributed by atoms with Crippen molar-refractivity contribution in [3.8, 4) is 62.2 Å². The highest BCUT2D eigenvalue weighted by molar-refractivity contribution is 6.03. The van der Waals surface area contributed by atoms with Crippen molar-refractivity contribution in [1.29, 1.82) is 5.26 Å². The third-order valence-corrected chi connectivity index (χ3v) is 8.34. The minimum atomic E-state index is -0.147. The lowest BCUT2D eigenvalue weighted by Gasteiger charge is -2.24. The van der Waals surface area contributed by atoms with Gasteiger partial charge in [-0.3, -0.25) is 5.10 Å². The Morgan fingerprint density at radius 1 is 0.578 bits per heavy atom. The molecule has 1 aromatic heterocycles. The molecule has 0 bridgehead atoms. The van der Waals surface area contributed by atoms with Crippen molar-refractivity contribution in [3.63, 3.8) is 0 Å². The van der Waals surface area contributed by atoms with E-state index in [0.717, 1.165) is 61.5 Å². The van der Waals surface area contributed by atoms with Crippen LogP contribution < -0.4 is 0 Å². The Labute approximate surface area is 263 Å². The van der Waals surface area contributed by atoms with Crippen LogP contribution in [0.25, 0.3) is 66.9 Å². The summed E-state index contributed by atoms with van der Waals surface area (Å²) in [5.74, 6) is 1.42. The van der Waals surface area contributed by atoms with Crippen LogP contribution in [0.5, 0.6) is 0 Å². The minimum Gasteiger partial charge on any atom is -0.259 e. The summed E-state index contributed by atoms with van der Waals surface area (Å²) in [5, 5.41) is 19.9. The molecule has 0 saturated carbocycles. The van der Waals surface area contributed by atoms with Crippen LogP contribution in [0.3, 0.4) is 0 Å². The standard InChI is InChI=1S/C41H32N4/c1-41(2,3)38-33(26-42)13-9-15-35(38)30-20-16-27(17-21-30)28-18-22-31(23-19-28)37-34-14-8-7-10-29(34)24-25-36(37)40-43-39(44-45-40)32-11-5-4-6-12-32/h4-25H,1-3H3,(H,43,44,45). The van der Waals surface area contributed by atoms with Gasteiger partial charge in [-0.25, -0.2) is 4.98 Å². The molecule has 216 valence electrons. The van der Waals surface area contributed by atoms with Gasteiger partial charge in [-0.15, -0.1) is 0 Å². The lowest BCUT2D eigenvalue weighted by Crippen LogP contribution is -2.15. The Kier molecular flexibility index (Phi) is 7.08. The second-order valence-electron chi connectivity index (χ2n) is 12.3. The summed E-state index contributed by atoms with van der Waals surface area (Å²) >= 11 is 0. The lowest BCUT2D eigenvalue weighted by molar-refractivity contribution is 0.590. The smallest absolute Gasteiger partial charge is 0.181 e. The number of nitriles is 1. The molecule has 7 rings (SSSR count). The van der Waals surface area contributed by atoms with Gasteiger partial charge in [0.2, 0.25) is 0 Å². The molecule has 1 N–H and O–H groups in total. The van der Waals surface area contributed by atoms with Gasteiger partial charge in [-0.1, -0.05) is 142 Å². The topological polar surface area (TPSA) is 65.4 Å². The summed E-state index contributed by atoms with van der Waals surface area (Å²) in [5.41, 5.74) is 10.4. The van der Waals surface area contributed by atoms with E-state index in [-0.39, 0.29) is 5.41 Å². The first-order valence-corrected chi connectivity index (χ1v) is 15.2. The Morgan fingerprint density at radius 2 is 1.22 bits per heavy atom. The van der Waals surface area contributed by atoms with Crippen LogP contribution in [0.4, 0.5) is 0 Å². The van der Waals surface area contributed by atoms with Gasteiger partial charge in [0.05, 0.1) is 11.6 Å². The molecule has 0 saturated heterocycles. The van der Waals surface area contributed by atoms with Gasteiger partial charge in [0.25, 0.3) is 0 Å². The predicted octanol–water partition coefficient (Wildman–Crippen LogP) is 10.5. The maximum absolute atomic E-state index is 9.78. The minimum absolute atomic E-state index is 0.147. The van der Waals surface area contributed by atoms with Crippen molar-refractivity contribution in [2.75, 3.05) is 0 Å². The zero-order valence-corrected chi connectivity index (χ0v) is 25.5. The molecule has 1 heterocycles. The largest absolute Gasteiger partial charge is 0.259 e. The summed E-state index contributed by atoms with van der Waals surface area (Å²) in [6, 6.07) is 48.6. The predicted molar refractivity (Wildman–Crippen MR) is 184 cm³/mol. The Morgan fingerprint density at radius 3 is 1.91 bits per heavy atom. The third kappa shape index (κ3) is 5.30. The van der Waals surface area contributed by atoms with Crippen LogP contribution in [0, 0.1) is 11.3 Å². The number of hydrogen-bond acceptors (Lipinski definition) is 3. The van der Waals surface area contributed by atoms with Crippen molar-refractivity contribution in [2.45, 2.75) is 26.2 Å². The van der Waals surface area contributed by atoms with E-state index >= 15 is 0 Å². The second-order valence-corrected chi connectivity index (χ2v) is 12.3. The fourth-order valence-corrected chi connectivity index (χ4v) is 6.24. The number of hydrogen-bond donors (Lipinski definition) is 1. The Balaban J connectivity index is 1.26. The van der Waals surface area contributed by atoms with Crippen LogP contribution in [0.1, 0.15) is 31.9 Å². The van der Waals surface area contributed by atoms with Gasteiger partial charge in [0.1, 0.15) is 0 Å². The maximum atomic E-state index is 9.78. The number of aromatic amines is 1. The Bertz CT molecular complexity index is 2180. The van der Waals surface area contributed by atoms with Crippen molar-refractivity contribution >= 4 is 10.8 Å². The number of nitrogens with one attached hydrogen (secondary N) is 1. The van der Waals surface area contributed by atoms with E-state index in [4.69, 9.17) is 4.98 Å². The van der Waals surface area contributed by atoms with Crippen molar-refractivity contribution in [3.05, 3.63) is 145 Å². The normalized spacial score (nSPS) is 11.4. The number of benzene rings is 6. The molecule has 4 heteroatoms. The average molecular weight is 581 g/mol. The van der Waals surface area contributed by atoms with Gasteiger partial charge >= 0.3 is 0 Å². The SMILES string of the molecule is CC(C)(C)c1c(C#N)cccc1-c1ccc(-c2ccc(-c3c(-c4nc(-c5ccccc5)n[nH]4)ccc4ccccc34)cc2)cc1. The van der Waals surface area contributed by atoms with Crippen LogP contribution in [0.2, 0.25) is 0 Å². The molecule has 0 aliphatic rings. The molecule has 7 aromatic rings. The molecule has 0 unspecified atom stereocenters. The number of nitrogens with zero attached hydrogens (tertiary/aromatic N) is 3. The zero-order valence-electron chi connectivity index (χ0n) is 25.5. The molecular formula is C41H32N4. The molecule has 4 nitrogen and oxygen atoms in total. The molecule has 0 atom stereocenters. The molecule has 0 radical (unpaired) electrons. The molecule has 6 aromatic carbocycles. The van der Waals surface area contributed by atoms with Crippen LogP contribution in [-0.2, 0) is 5.41 Å². The fourth-order valence-electron chi connectivity index (χ4n) is 6.24. The molecule has 0 spiro atoms. The van der Waals surface area contributed by atoms with E-state index in [0.29, 0.717) is 5.82 Å². The van der Waals surface area contributed by atoms with Crippen LogP contribution in [0.15, 0.2) is 133 Å². The highest BCUT2D eigenvalue weighted by Gasteiger charge is 2.22. The molecule has 45 heavy (non-hydrogen) atoms. The quantitative estimate of drug-likeness (QED) is 0.220.